The number of hydrogen-bond donors (Lipinski definition) is 3. The molecule has 0 saturated heterocycles. The minimum absolute atomic E-state index is 0. The van der Waals surface area contributed by atoms with Gasteiger partial charge in [-0.05, 0) is 29.4 Å². The second kappa shape index (κ2) is 11.1. The molecule has 0 aliphatic rings. The van der Waals surface area contributed by atoms with Crippen LogP contribution < -0.4 is 16.4 Å². The minimum atomic E-state index is -0.597. The molecule has 0 bridgehead atoms. The predicted octanol–water partition coefficient (Wildman–Crippen LogP) is 2.58. The van der Waals surface area contributed by atoms with Crippen molar-refractivity contribution >= 4 is 24.2 Å². The third kappa shape index (κ3) is 7.45. The maximum Gasteiger partial charge on any atom is 0.239 e. The van der Waals surface area contributed by atoms with Gasteiger partial charge in [-0.3, -0.25) is 9.59 Å². The molecule has 5 nitrogen and oxygen atoms in total. The second-order valence-electron chi connectivity index (χ2n) is 6.87. The average Bonchev–Trinajstić information content (AvgIpc) is 2.56. The molecule has 1 aromatic carbocycles. The van der Waals surface area contributed by atoms with Crippen molar-refractivity contribution in [3.63, 3.8) is 0 Å². The van der Waals surface area contributed by atoms with Gasteiger partial charge in [-0.15, -0.1) is 12.4 Å². The van der Waals surface area contributed by atoms with Crippen molar-refractivity contribution in [1.29, 1.82) is 0 Å². The summed E-state index contributed by atoms with van der Waals surface area (Å²) in [6.45, 7) is 9.92. The van der Waals surface area contributed by atoms with Crippen molar-refractivity contribution < 1.29 is 9.59 Å². The predicted molar refractivity (Wildman–Crippen MR) is 105 cm³/mol. The standard InChI is InChI=1S/C19H31N3O2.ClH/c1-6-14-7-9-15(10-8-14)18(13(4)5)22-16(23)11-21-19(24)17(20)12(2)3;/h7-10,12-13,17-18H,6,11,20H2,1-5H3,(H,21,24)(H,22,23);1H/t17-,18?;/m0./s1. The highest BCUT2D eigenvalue weighted by molar-refractivity contribution is 5.87. The Morgan fingerprint density at radius 1 is 1.04 bits per heavy atom. The Labute approximate surface area is 157 Å². The zero-order chi connectivity index (χ0) is 18.3. The highest BCUT2D eigenvalue weighted by Gasteiger charge is 2.20. The molecule has 1 rings (SSSR count). The molecular formula is C19H32ClN3O2. The van der Waals surface area contributed by atoms with Gasteiger partial charge in [-0.1, -0.05) is 58.9 Å². The zero-order valence-electron chi connectivity index (χ0n) is 15.8. The summed E-state index contributed by atoms with van der Waals surface area (Å²) in [4.78, 5) is 24.0. The van der Waals surface area contributed by atoms with Crippen LogP contribution in [0.5, 0.6) is 0 Å². The van der Waals surface area contributed by atoms with E-state index in [1.807, 2.05) is 13.8 Å². The summed E-state index contributed by atoms with van der Waals surface area (Å²) in [6.07, 6.45) is 0.987. The molecule has 0 saturated carbocycles. The van der Waals surface area contributed by atoms with Crippen molar-refractivity contribution in [2.75, 3.05) is 6.54 Å². The van der Waals surface area contributed by atoms with E-state index in [0.29, 0.717) is 0 Å². The number of nitrogens with two attached hydrogens (primary N) is 1. The number of aryl methyl sites for hydroxylation is 1. The third-order valence-corrected chi connectivity index (χ3v) is 4.17. The zero-order valence-corrected chi connectivity index (χ0v) is 16.7. The molecule has 4 N–H and O–H groups in total. The number of nitrogens with one attached hydrogen (secondary N) is 2. The van der Waals surface area contributed by atoms with Gasteiger partial charge in [0.25, 0.3) is 0 Å². The van der Waals surface area contributed by atoms with Crippen LogP contribution in [0.25, 0.3) is 0 Å². The monoisotopic (exact) mass is 369 g/mol. The number of halogens is 1. The van der Waals surface area contributed by atoms with Gasteiger partial charge in [-0.25, -0.2) is 0 Å². The van der Waals surface area contributed by atoms with Gasteiger partial charge in [0.2, 0.25) is 11.8 Å². The SMILES string of the molecule is CCc1ccc(C(NC(=O)CNC(=O)[C@@H](N)C(C)C)C(C)C)cc1.Cl. The van der Waals surface area contributed by atoms with Crippen LogP contribution in [0, 0.1) is 11.8 Å². The van der Waals surface area contributed by atoms with E-state index >= 15 is 0 Å². The van der Waals surface area contributed by atoms with Gasteiger partial charge in [0.05, 0.1) is 18.6 Å². The van der Waals surface area contributed by atoms with Crippen LogP contribution >= 0.6 is 12.4 Å². The molecule has 1 aromatic rings. The fourth-order valence-corrected chi connectivity index (χ4v) is 2.41. The van der Waals surface area contributed by atoms with Gasteiger partial charge < -0.3 is 16.4 Å². The van der Waals surface area contributed by atoms with Crippen LogP contribution in [0.4, 0.5) is 0 Å². The molecule has 25 heavy (non-hydrogen) atoms. The molecule has 2 atom stereocenters. The van der Waals surface area contributed by atoms with Crippen LogP contribution in [0.15, 0.2) is 24.3 Å². The van der Waals surface area contributed by atoms with Gasteiger partial charge in [0.15, 0.2) is 0 Å². The largest absolute Gasteiger partial charge is 0.348 e. The fourth-order valence-electron chi connectivity index (χ4n) is 2.41. The molecule has 1 unspecified atom stereocenters. The van der Waals surface area contributed by atoms with E-state index in [1.165, 1.54) is 5.56 Å². The van der Waals surface area contributed by atoms with E-state index in [9.17, 15) is 9.59 Å². The van der Waals surface area contributed by atoms with Gasteiger partial charge in [0.1, 0.15) is 0 Å². The quantitative estimate of drug-likeness (QED) is 0.658. The number of carbonyl (C=O) groups is 2. The number of rotatable bonds is 8. The number of amides is 2. The summed E-state index contributed by atoms with van der Waals surface area (Å²) in [7, 11) is 0. The topological polar surface area (TPSA) is 84.2 Å². The van der Waals surface area contributed by atoms with Gasteiger partial charge in [0, 0.05) is 0 Å². The number of carbonyl (C=O) groups excluding carboxylic acids is 2. The molecule has 6 heteroatoms. The van der Waals surface area contributed by atoms with E-state index in [2.05, 4.69) is 55.7 Å². The second-order valence-corrected chi connectivity index (χ2v) is 6.87. The summed E-state index contributed by atoms with van der Waals surface area (Å²) >= 11 is 0. The number of hydrogen-bond acceptors (Lipinski definition) is 3. The summed E-state index contributed by atoms with van der Waals surface area (Å²) in [5, 5.41) is 5.60. The molecule has 0 aliphatic heterocycles. The maximum absolute atomic E-state index is 12.2. The number of benzene rings is 1. The van der Waals surface area contributed by atoms with E-state index < -0.39 is 6.04 Å². The van der Waals surface area contributed by atoms with E-state index in [-0.39, 0.29) is 48.6 Å². The van der Waals surface area contributed by atoms with Crippen LogP contribution in [0.3, 0.4) is 0 Å². The van der Waals surface area contributed by atoms with Gasteiger partial charge >= 0.3 is 0 Å². The third-order valence-electron chi connectivity index (χ3n) is 4.17. The molecular weight excluding hydrogens is 338 g/mol. The highest BCUT2D eigenvalue weighted by Crippen LogP contribution is 2.22. The van der Waals surface area contributed by atoms with Crippen molar-refractivity contribution in [2.45, 2.75) is 53.1 Å². The summed E-state index contributed by atoms with van der Waals surface area (Å²) in [5.74, 6) is -0.227. The lowest BCUT2D eigenvalue weighted by molar-refractivity contribution is -0.127. The summed E-state index contributed by atoms with van der Waals surface area (Å²) < 4.78 is 0. The van der Waals surface area contributed by atoms with Crippen molar-refractivity contribution in [1.82, 2.24) is 10.6 Å². The van der Waals surface area contributed by atoms with E-state index in [4.69, 9.17) is 5.73 Å². The molecule has 0 spiro atoms. The van der Waals surface area contributed by atoms with Crippen molar-refractivity contribution in [2.24, 2.45) is 17.6 Å². The van der Waals surface area contributed by atoms with Crippen LogP contribution in [0.2, 0.25) is 0 Å². The molecule has 0 fully saturated rings. The minimum Gasteiger partial charge on any atom is -0.348 e. The summed E-state index contributed by atoms with van der Waals surface area (Å²) in [5.41, 5.74) is 8.11. The van der Waals surface area contributed by atoms with Crippen LogP contribution in [-0.4, -0.2) is 24.4 Å². The Morgan fingerprint density at radius 3 is 2.04 bits per heavy atom. The normalized spacial score (nSPS) is 13.1. The van der Waals surface area contributed by atoms with Crippen LogP contribution in [-0.2, 0) is 16.0 Å². The first kappa shape index (κ1) is 23.4. The first-order valence-electron chi connectivity index (χ1n) is 8.67. The van der Waals surface area contributed by atoms with Gasteiger partial charge in [-0.2, -0.15) is 0 Å². The highest BCUT2D eigenvalue weighted by atomic mass is 35.5. The Balaban J connectivity index is 0.00000576. The first-order chi connectivity index (χ1) is 11.3. The van der Waals surface area contributed by atoms with Crippen LogP contribution in [0.1, 0.15) is 51.8 Å². The molecule has 0 heterocycles. The molecule has 142 valence electrons. The average molecular weight is 370 g/mol. The molecule has 0 radical (unpaired) electrons. The Kier molecular flexibility index (Phi) is 10.4. The lowest BCUT2D eigenvalue weighted by Crippen LogP contribution is -2.47. The molecule has 0 aliphatic carbocycles. The van der Waals surface area contributed by atoms with E-state index in [1.54, 1.807) is 0 Å². The summed E-state index contributed by atoms with van der Waals surface area (Å²) in [6, 6.07) is 7.59. The Bertz CT molecular complexity index is 544. The van der Waals surface area contributed by atoms with E-state index in [0.717, 1.165) is 12.0 Å². The fraction of sp³-hybridized carbons (Fsp3) is 0.579. The molecule has 0 aromatic heterocycles. The Morgan fingerprint density at radius 2 is 1.60 bits per heavy atom. The lowest BCUT2D eigenvalue weighted by atomic mass is 9.95. The molecule has 2 amide bonds. The van der Waals surface area contributed by atoms with Crippen molar-refractivity contribution in [3.8, 4) is 0 Å². The first-order valence-corrected chi connectivity index (χ1v) is 8.67. The Hall–Kier alpha value is -1.59. The smallest absolute Gasteiger partial charge is 0.239 e. The maximum atomic E-state index is 12.2. The lowest BCUT2D eigenvalue weighted by Gasteiger charge is -2.23. The van der Waals surface area contributed by atoms with Crippen molar-refractivity contribution in [3.05, 3.63) is 35.4 Å².